The van der Waals surface area contributed by atoms with Gasteiger partial charge in [0.25, 0.3) is 0 Å². The van der Waals surface area contributed by atoms with Crippen LogP contribution in [0.1, 0.15) is 61.3 Å². The normalized spacial score (nSPS) is 18.7. The van der Waals surface area contributed by atoms with E-state index in [-0.39, 0.29) is 11.8 Å². The fourth-order valence-corrected chi connectivity index (χ4v) is 4.04. The van der Waals surface area contributed by atoms with Crippen LogP contribution in [0.5, 0.6) is 0 Å². The molecule has 3 nitrogen and oxygen atoms in total. The Bertz CT molecular complexity index is 533. The maximum atomic E-state index is 11.2. The molecule has 1 aliphatic rings. The Hall–Kier alpha value is -0.870. The summed E-state index contributed by atoms with van der Waals surface area (Å²) in [4.78, 5) is 11.2. The molecule has 1 aliphatic carbocycles. The van der Waals surface area contributed by atoms with Crippen molar-refractivity contribution in [1.29, 1.82) is 0 Å². The van der Waals surface area contributed by atoms with E-state index in [2.05, 4.69) is 15.9 Å². The summed E-state index contributed by atoms with van der Waals surface area (Å²) in [6.45, 7) is 3.99. The van der Waals surface area contributed by atoms with Crippen LogP contribution in [0.2, 0.25) is 0 Å². The lowest BCUT2D eigenvalue weighted by atomic mass is 9.76. The zero-order chi connectivity index (χ0) is 15.6. The molecule has 0 heterocycles. The Morgan fingerprint density at radius 3 is 2.48 bits per heavy atom. The standard InChI is InChI=1S/C17H23BrO3/c1-11-8-14(18)12(2)7-13(11)15(19)9-17(10-16(20)21)5-3-4-6-17/h7-8,15,19H,3-6,9-10H2,1-2H3,(H,20,21). The predicted octanol–water partition coefficient (Wildman–Crippen LogP) is 4.52. The van der Waals surface area contributed by atoms with Gasteiger partial charge in [0.1, 0.15) is 0 Å². The summed E-state index contributed by atoms with van der Waals surface area (Å²) in [7, 11) is 0. The highest BCUT2D eigenvalue weighted by atomic mass is 79.9. The average Bonchev–Trinajstić information content (AvgIpc) is 2.80. The van der Waals surface area contributed by atoms with E-state index in [0.29, 0.717) is 6.42 Å². The van der Waals surface area contributed by atoms with Crippen LogP contribution in [-0.2, 0) is 4.79 Å². The molecule has 1 unspecified atom stereocenters. The topological polar surface area (TPSA) is 57.5 Å². The maximum absolute atomic E-state index is 11.2. The first-order valence-corrected chi connectivity index (χ1v) is 8.29. The molecule has 1 aromatic carbocycles. The highest BCUT2D eigenvalue weighted by molar-refractivity contribution is 9.10. The largest absolute Gasteiger partial charge is 0.481 e. The lowest BCUT2D eigenvalue weighted by molar-refractivity contribution is -0.140. The molecule has 2 rings (SSSR count). The summed E-state index contributed by atoms with van der Waals surface area (Å²) in [6, 6.07) is 4.03. The Labute approximate surface area is 134 Å². The van der Waals surface area contributed by atoms with Gasteiger partial charge in [0.2, 0.25) is 0 Å². The summed E-state index contributed by atoms with van der Waals surface area (Å²) < 4.78 is 1.04. The minimum atomic E-state index is -0.757. The average molecular weight is 355 g/mol. The van der Waals surface area contributed by atoms with E-state index in [4.69, 9.17) is 5.11 Å². The molecule has 0 radical (unpaired) electrons. The first kappa shape index (κ1) is 16.5. The van der Waals surface area contributed by atoms with Crippen LogP contribution in [0.3, 0.4) is 0 Å². The second-order valence-electron chi connectivity index (χ2n) is 6.46. The van der Waals surface area contributed by atoms with Gasteiger partial charge in [-0.3, -0.25) is 4.79 Å². The van der Waals surface area contributed by atoms with Crippen molar-refractivity contribution in [3.8, 4) is 0 Å². The first-order chi connectivity index (χ1) is 9.83. The number of rotatable bonds is 5. The van der Waals surface area contributed by atoms with Gasteiger partial charge in [0.15, 0.2) is 0 Å². The molecule has 1 aromatic rings. The highest BCUT2D eigenvalue weighted by Gasteiger charge is 2.38. The van der Waals surface area contributed by atoms with Crippen LogP contribution >= 0.6 is 15.9 Å². The third kappa shape index (κ3) is 3.86. The summed E-state index contributed by atoms with van der Waals surface area (Å²) in [6.07, 6.45) is 4.07. The van der Waals surface area contributed by atoms with Crippen molar-refractivity contribution in [1.82, 2.24) is 0 Å². The lowest BCUT2D eigenvalue weighted by Crippen LogP contribution is -2.24. The SMILES string of the molecule is Cc1cc(C(O)CC2(CC(=O)O)CCCC2)c(C)cc1Br. The summed E-state index contributed by atoms with van der Waals surface area (Å²) in [5.41, 5.74) is 2.82. The third-order valence-corrected chi connectivity index (χ3v) is 5.58. The Balaban J connectivity index is 2.21. The Kier molecular flexibility index (Phi) is 5.10. The molecule has 2 N–H and O–H groups in total. The smallest absolute Gasteiger partial charge is 0.303 e. The van der Waals surface area contributed by atoms with E-state index < -0.39 is 12.1 Å². The highest BCUT2D eigenvalue weighted by Crippen LogP contribution is 2.47. The van der Waals surface area contributed by atoms with Crippen molar-refractivity contribution in [3.63, 3.8) is 0 Å². The predicted molar refractivity (Wildman–Crippen MR) is 86.3 cm³/mol. The number of aliphatic carboxylic acids is 1. The van der Waals surface area contributed by atoms with Gasteiger partial charge in [-0.05, 0) is 61.3 Å². The number of carbonyl (C=O) groups is 1. The number of hydrogen-bond donors (Lipinski definition) is 2. The number of aliphatic hydroxyl groups is 1. The van der Waals surface area contributed by atoms with E-state index >= 15 is 0 Å². The van der Waals surface area contributed by atoms with Gasteiger partial charge in [-0.15, -0.1) is 0 Å². The molecule has 0 bridgehead atoms. The van der Waals surface area contributed by atoms with Crippen molar-refractivity contribution in [3.05, 3.63) is 33.3 Å². The number of halogens is 1. The minimum absolute atomic E-state index is 0.165. The van der Waals surface area contributed by atoms with E-state index in [0.717, 1.165) is 46.8 Å². The zero-order valence-electron chi connectivity index (χ0n) is 12.7. The van der Waals surface area contributed by atoms with Gasteiger partial charge in [0, 0.05) is 4.47 Å². The van der Waals surface area contributed by atoms with Crippen molar-refractivity contribution in [2.24, 2.45) is 5.41 Å². The Morgan fingerprint density at radius 2 is 1.90 bits per heavy atom. The lowest BCUT2D eigenvalue weighted by Gasteiger charge is -2.30. The quantitative estimate of drug-likeness (QED) is 0.816. The second-order valence-corrected chi connectivity index (χ2v) is 7.31. The number of carboxylic acid groups (broad SMARTS) is 1. The van der Waals surface area contributed by atoms with Crippen molar-refractivity contribution in [2.45, 2.75) is 58.5 Å². The second kappa shape index (κ2) is 6.49. The molecule has 1 fully saturated rings. The molecule has 0 aromatic heterocycles. The molecule has 1 atom stereocenters. The molecule has 116 valence electrons. The summed E-state index contributed by atoms with van der Waals surface area (Å²) in [5.74, 6) is -0.757. The molecule has 0 spiro atoms. The zero-order valence-corrected chi connectivity index (χ0v) is 14.2. The summed E-state index contributed by atoms with van der Waals surface area (Å²) in [5, 5.41) is 19.8. The number of aliphatic hydroxyl groups excluding tert-OH is 1. The minimum Gasteiger partial charge on any atom is -0.481 e. The third-order valence-electron chi connectivity index (χ3n) is 4.72. The van der Waals surface area contributed by atoms with Gasteiger partial charge < -0.3 is 10.2 Å². The monoisotopic (exact) mass is 354 g/mol. The Morgan fingerprint density at radius 1 is 1.29 bits per heavy atom. The molecule has 0 amide bonds. The van der Waals surface area contributed by atoms with Gasteiger partial charge in [-0.25, -0.2) is 0 Å². The van der Waals surface area contributed by atoms with Crippen LogP contribution < -0.4 is 0 Å². The number of carboxylic acids is 1. The van der Waals surface area contributed by atoms with Gasteiger partial charge >= 0.3 is 5.97 Å². The number of benzene rings is 1. The molecule has 21 heavy (non-hydrogen) atoms. The number of hydrogen-bond acceptors (Lipinski definition) is 2. The van der Waals surface area contributed by atoms with Crippen LogP contribution in [0, 0.1) is 19.3 Å². The van der Waals surface area contributed by atoms with Gasteiger partial charge in [-0.1, -0.05) is 34.8 Å². The van der Waals surface area contributed by atoms with Gasteiger partial charge in [-0.2, -0.15) is 0 Å². The molecule has 4 heteroatoms. The fourth-order valence-electron chi connectivity index (χ4n) is 3.58. The van der Waals surface area contributed by atoms with Crippen LogP contribution in [0.25, 0.3) is 0 Å². The van der Waals surface area contributed by atoms with Crippen LogP contribution in [-0.4, -0.2) is 16.2 Å². The molecular formula is C17H23BrO3. The maximum Gasteiger partial charge on any atom is 0.303 e. The number of aryl methyl sites for hydroxylation is 2. The van der Waals surface area contributed by atoms with Crippen molar-refractivity contribution >= 4 is 21.9 Å². The van der Waals surface area contributed by atoms with Crippen LogP contribution in [0.4, 0.5) is 0 Å². The molecule has 0 saturated heterocycles. The van der Waals surface area contributed by atoms with Crippen molar-refractivity contribution in [2.75, 3.05) is 0 Å². The van der Waals surface area contributed by atoms with E-state index in [1.807, 2.05) is 26.0 Å². The molecule has 0 aliphatic heterocycles. The molecule has 1 saturated carbocycles. The van der Waals surface area contributed by atoms with Gasteiger partial charge in [0.05, 0.1) is 12.5 Å². The van der Waals surface area contributed by atoms with Crippen LogP contribution in [0.15, 0.2) is 16.6 Å². The van der Waals surface area contributed by atoms with Crippen molar-refractivity contribution < 1.29 is 15.0 Å². The van der Waals surface area contributed by atoms with E-state index in [1.165, 1.54) is 0 Å². The fraction of sp³-hybridized carbons (Fsp3) is 0.588. The summed E-state index contributed by atoms with van der Waals surface area (Å²) >= 11 is 3.50. The van der Waals surface area contributed by atoms with E-state index in [1.54, 1.807) is 0 Å². The first-order valence-electron chi connectivity index (χ1n) is 7.49. The molecular weight excluding hydrogens is 332 g/mol. The van der Waals surface area contributed by atoms with E-state index in [9.17, 15) is 9.90 Å².